The standard InChI is InChI=1S/C21H17N3O3/c1-27-16-7-5-14(6-8-16)23-20(25)13-4-9-19-17(11-13)18(21(26)24-19)12-15-3-2-10-22-15/h2-12,22H,1H3,(H,23,25)(H,24,26). The minimum Gasteiger partial charge on any atom is -0.497 e. The lowest BCUT2D eigenvalue weighted by Crippen LogP contribution is -2.12. The van der Waals surface area contributed by atoms with Crippen LogP contribution in [0.2, 0.25) is 0 Å². The van der Waals surface area contributed by atoms with Crippen LogP contribution in [0.5, 0.6) is 5.75 Å². The molecule has 4 rings (SSSR count). The summed E-state index contributed by atoms with van der Waals surface area (Å²) in [6.07, 6.45) is 3.56. The van der Waals surface area contributed by atoms with E-state index in [0.29, 0.717) is 33.8 Å². The Morgan fingerprint density at radius 3 is 2.63 bits per heavy atom. The summed E-state index contributed by atoms with van der Waals surface area (Å²) >= 11 is 0. The van der Waals surface area contributed by atoms with E-state index in [2.05, 4.69) is 15.6 Å². The second-order valence-corrected chi connectivity index (χ2v) is 6.08. The molecule has 6 heteroatoms. The maximum Gasteiger partial charge on any atom is 0.256 e. The summed E-state index contributed by atoms with van der Waals surface area (Å²) in [6.45, 7) is 0. The van der Waals surface area contributed by atoms with Gasteiger partial charge in [-0.3, -0.25) is 9.59 Å². The van der Waals surface area contributed by atoms with Gasteiger partial charge in [0.1, 0.15) is 5.75 Å². The minimum absolute atomic E-state index is 0.188. The van der Waals surface area contributed by atoms with E-state index in [-0.39, 0.29) is 11.8 Å². The van der Waals surface area contributed by atoms with E-state index >= 15 is 0 Å². The minimum atomic E-state index is -0.249. The molecule has 0 spiro atoms. The van der Waals surface area contributed by atoms with Crippen LogP contribution in [0.15, 0.2) is 60.8 Å². The molecule has 2 aromatic carbocycles. The zero-order valence-electron chi connectivity index (χ0n) is 14.6. The van der Waals surface area contributed by atoms with Crippen molar-refractivity contribution in [1.29, 1.82) is 0 Å². The van der Waals surface area contributed by atoms with Crippen LogP contribution in [0.3, 0.4) is 0 Å². The molecule has 0 saturated heterocycles. The number of hydrogen-bond donors (Lipinski definition) is 3. The first-order valence-electron chi connectivity index (χ1n) is 8.40. The van der Waals surface area contributed by atoms with Gasteiger partial charge in [-0.2, -0.15) is 0 Å². The number of hydrogen-bond acceptors (Lipinski definition) is 3. The third-order valence-corrected chi connectivity index (χ3v) is 4.33. The Kier molecular flexibility index (Phi) is 4.22. The predicted octanol–water partition coefficient (Wildman–Crippen LogP) is 3.77. The molecule has 0 bridgehead atoms. The molecule has 3 N–H and O–H groups in total. The molecule has 0 radical (unpaired) electrons. The number of carbonyl (C=O) groups is 2. The van der Waals surface area contributed by atoms with Crippen LogP contribution in [0.4, 0.5) is 11.4 Å². The van der Waals surface area contributed by atoms with Crippen molar-refractivity contribution in [3.8, 4) is 5.75 Å². The van der Waals surface area contributed by atoms with Crippen molar-refractivity contribution < 1.29 is 14.3 Å². The number of H-pyrrole nitrogens is 1. The van der Waals surface area contributed by atoms with Crippen LogP contribution in [-0.4, -0.2) is 23.9 Å². The lowest BCUT2D eigenvalue weighted by molar-refractivity contribution is -0.110. The highest BCUT2D eigenvalue weighted by Gasteiger charge is 2.25. The highest BCUT2D eigenvalue weighted by Crippen LogP contribution is 2.33. The summed E-state index contributed by atoms with van der Waals surface area (Å²) in [6, 6.07) is 16.0. The Bertz CT molecular complexity index is 1040. The molecular formula is C21H17N3O3. The van der Waals surface area contributed by atoms with E-state index < -0.39 is 0 Å². The van der Waals surface area contributed by atoms with Gasteiger partial charge in [0.05, 0.1) is 12.7 Å². The highest BCUT2D eigenvalue weighted by molar-refractivity contribution is 6.35. The van der Waals surface area contributed by atoms with Crippen molar-refractivity contribution in [1.82, 2.24) is 4.98 Å². The number of aromatic nitrogens is 1. The maximum atomic E-state index is 12.6. The molecule has 0 unspecified atom stereocenters. The molecule has 134 valence electrons. The molecule has 1 aliphatic heterocycles. The molecule has 1 aromatic heterocycles. The molecule has 3 aromatic rings. The van der Waals surface area contributed by atoms with Crippen LogP contribution in [0.1, 0.15) is 21.6 Å². The predicted molar refractivity (Wildman–Crippen MR) is 105 cm³/mol. The number of fused-ring (bicyclic) bond motifs is 1. The van der Waals surface area contributed by atoms with Gasteiger partial charge in [0.25, 0.3) is 11.8 Å². The third kappa shape index (κ3) is 3.32. The van der Waals surface area contributed by atoms with E-state index in [1.54, 1.807) is 61.8 Å². The first-order valence-corrected chi connectivity index (χ1v) is 8.40. The summed E-state index contributed by atoms with van der Waals surface area (Å²) in [5.74, 6) is 0.281. The molecule has 0 saturated carbocycles. The van der Waals surface area contributed by atoms with Gasteiger partial charge in [0.15, 0.2) is 0 Å². The summed E-state index contributed by atoms with van der Waals surface area (Å²) < 4.78 is 5.11. The van der Waals surface area contributed by atoms with E-state index in [9.17, 15) is 9.59 Å². The van der Waals surface area contributed by atoms with E-state index in [0.717, 1.165) is 5.69 Å². The van der Waals surface area contributed by atoms with Gasteiger partial charge in [-0.05, 0) is 60.7 Å². The highest BCUT2D eigenvalue weighted by atomic mass is 16.5. The van der Waals surface area contributed by atoms with Crippen molar-refractivity contribution in [2.45, 2.75) is 0 Å². The maximum absolute atomic E-state index is 12.6. The van der Waals surface area contributed by atoms with Gasteiger partial charge in [-0.15, -0.1) is 0 Å². The molecule has 0 atom stereocenters. The van der Waals surface area contributed by atoms with Gasteiger partial charge in [-0.25, -0.2) is 0 Å². The third-order valence-electron chi connectivity index (χ3n) is 4.33. The Hall–Kier alpha value is -3.80. The van der Waals surface area contributed by atoms with Crippen molar-refractivity contribution in [3.05, 3.63) is 77.6 Å². The molecule has 0 fully saturated rings. The number of methoxy groups -OCH3 is 1. The molecule has 1 aliphatic rings. The Balaban J connectivity index is 1.61. The molecular weight excluding hydrogens is 342 g/mol. The largest absolute Gasteiger partial charge is 0.497 e. The van der Waals surface area contributed by atoms with Crippen LogP contribution < -0.4 is 15.4 Å². The van der Waals surface area contributed by atoms with Crippen molar-refractivity contribution in [3.63, 3.8) is 0 Å². The molecule has 6 nitrogen and oxygen atoms in total. The quantitative estimate of drug-likeness (QED) is 0.620. The van der Waals surface area contributed by atoms with E-state index in [4.69, 9.17) is 4.74 Å². The fourth-order valence-corrected chi connectivity index (χ4v) is 2.94. The van der Waals surface area contributed by atoms with Gasteiger partial charge >= 0.3 is 0 Å². The topological polar surface area (TPSA) is 83.2 Å². The van der Waals surface area contributed by atoms with Gasteiger partial charge < -0.3 is 20.4 Å². The molecule has 2 amide bonds. The lowest BCUT2D eigenvalue weighted by atomic mass is 10.0. The Morgan fingerprint density at radius 1 is 1.11 bits per heavy atom. The van der Waals surface area contributed by atoms with Crippen LogP contribution in [-0.2, 0) is 4.79 Å². The van der Waals surface area contributed by atoms with E-state index in [1.807, 2.05) is 12.1 Å². The summed E-state index contributed by atoms with van der Waals surface area (Å²) in [4.78, 5) is 27.9. The van der Waals surface area contributed by atoms with Gasteiger partial charge in [0, 0.05) is 34.4 Å². The zero-order chi connectivity index (χ0) is 18.8. The molecule has 0 aliphatic carbocycles. The van der Waals surface area contributed by atoms with Crippen molar-refractivity contribution in [2.75, 3.05) is 17.7 Å². The number of ether oxygens (including phenoxy) is 1. The Labute approximate surface area is 155 Å². The average molecular weight is 359 g/mol. The first-order chi connectivity index (χ1) is 13.1. The number of aromatic amines is 1. The summed E-state index contributed by atoms with van der Waals surface area (Å²) in [7, 11) is 1.59. The lowest BCUT2D eigenvalue weighted by Gasteiger charge is -2.08. The number of carbonyl (C=O) groups excluding carboxylic acids is 2. The number of amides is 2. The first kappa shape index (κ1) is 16.7. The fourth-order valence-electron chi connectivity index (χ4n) is 2.94. The second kappa shape index (κ2) is 6.84. The van der Waals surface area contributed by atoms with Crippen LogP contribution in [0.25, 0.3) is 11.6 Å². The number of nitrogens with one attached hydrogen (secondary N) is 3. The summed E-state index contributed by atoms with van der Waals surface area (Å²) in [5.41, 5.74) is 3.87. The molecule has 2 heterocycles. The number of anilines is 2. The number of rotatable bonds is 4. The zero-order valence-corrected chi connectivity index (χ0v) is 14.6. The normalized spacial score (nSPS) is 14.0. The van der Waals surface area contributed by atoms with E-state index in [1.165, 1.54) is 0 Å². The average Bonchev–Trinajstić information content (AvgIpc) is 3.30. The molecule has 27 heavy (non-hydrogen) atoms. The summed E-state index contributed by atoms with van der Waals surface area (Å²) in [5, 5.41) is 5.67. The second-order valence-electron chi connectivity index (χ2n) is 6.08. The van der Waals surface area contributed by atoms with Crippen molar-refractivity contribution in [2.24, 2.45) is 0 Å². The monoisotopic (exact) mass is 359 g/mol. The van der Waals surface area contributed by atoms with Gasteiger partial charge in [0.2, 0.25) is 0 Å². The smallest absolute Gasteiger partial charge is 0.256 e. The fraction of sp³-hybridized carbons (Fsp3) is 0.0476. The van der Waals surface area contributed by atoms with Crippen LogP contribution >= 0.6 is 0 Å². The Morgan fingerprint density at radius 2 is 1.93 bits per heavy atom. The van der Waals surface area contributed by atoms with Gasteiger partial charge in [-0.1, -0.05) is 0 Å². The SMILES string of the molecule is COc1ccc(NC(=O)c2ccc3c(c2)C(=Cc2ccc[nH]2)C(=O)N3)cc1. The number of benzene rings is 2. The van der Waals surface area contributed by atoms with Crippen molar-refractivity contribution >= 4 is 34.8 Å². The van der Waals surface area contributed by atoms with Crippen LogP contribution in [0, 0.1) is 0 Å².